The van der Waals surface area contributed by atoms with Crippen molar-refractivity contribution in [3.63, 3.8) is 0 Å². The highest BCUT2D eigenvalue weighted by molar-refractivity contribution is 5.89. The smallest absolute Gasteiger partial charge is 0.305 e. The number of methoxy groups -OCH3 is 1. The van der Waals surface area contributed by atoms with E-state index in [9.17, 15) is 9.59 Å². The molecule has 0 aromatic heterocycles. The lowest BCUT2D eigenvalue weighted by atomic mass is 9.70. The summed E-state index contributed by atoms with van der Waals surface area (Å²) in [6, 6.07) is 19.5. The molecule has 0 spiro atoms. The molecule has 0 N–H and O–H groups in total. The Morgan fingerprint density at radius 1 is 0.974 bits per heavy atom. The van der Waals surface area contributed by atoms with E-state index in [4.69, 9.17) is 9.47 Å². The Bertz CT molecular complexity index is 1120. The van der Waals surface area contributed by atoms with Gasteiger partial charge >= 0.3 is 5.97 Å². The Balaban J connectivity index is 1.46. The second-order valence-corrected chi connectivity index (χ2v) is 11.3. The van der Waals surface area contributed by atoms with Gasteiger partial charge in [0.25, 0.3) is 0 Å². The van der Waals surface area contributed by atoms with Crippen LogP contribution < -0.4 is 0 Å². The predicted molar refractivity (Wildman–Crippen MR) is 157 cm³/mol. The molecular formula is C35H44O4. The van der Waals surface area contributed by atoms with E-state index in [2.05, 4.69) is 73.7 Å². The van der Waals surface area contributed by atoms with Gasteiger partial charge in [0.05, 0.1) is 19.8 Å². The number of carbonyl (C=O) groups excluding carboxylic acids is 2. The highest BCUT2D eigenvalue weighted by atomic mass is 16.5. The number of benzene rings is 2. The number of esters is 1. The number of fused-ring (bicyclic) bond motifs is 2. The fraction of sp³-hybridized carbons (Fsp3) is 0.486. The van der Waals surface area contributed by atoms with E-state index in [1.165, 1.54) is 23.8 Å². The van der Waals surface area contributed by atoms with Gasteiger partial charge in [-0.3, -0.25) is 9.59 Å². The number of ether oxygens (including phenoxy) is 2. The largest absolute Gasteiger partial charge is 0.469 e. The van der Waals surface area contributed by atoms with Crippen molar-refractivity contribution >= 4 is 11.8 Å². The van der Waals surface area contributed by atoms with E-state index < -0.39 is 0 Å². The fourth-order valence-electron chi connectivity index (χ4n) is 6.41. The first-order valence-corrected chi connectivity index (χ1v) is 14.7. The summed E-state index contributed by atoms with van der Waals surface area (Å²) < 4.78 is 11.1. The highest BCUT2D eigenvalue weighted by Gasteiger charge is 2.57. The van der Waals surface area contributed by atoms with Crippen molar-refractivity contribution in [2.45, 2.75) is 77.2 Å². The lowest BCUT2D eigenvalue weighted by Crippen LogP contribution is -2.37. The molecule has 0 radical (unpaired) electrons. The topological polar surface area (TPSA) is 52.6 Å². The molecular weight excluding hydrogens is 484 g/mol. The Labute approximate surface area is 234 Å². The van der Waals surface area contributed by atoms with Crippen molar-refractivity contribution in [2.24, 2.45) is 17.3 Å². The van der Waals surface area contributed by atoms with Gasteiger partial charge in [-0.25, -0.2) is 0 Å². The van der Waals surface area contributed by atoms with Crippen molar-refractivity contribution < 1.29 is 19.1 Å². The number of hydrogen-bond donors (Lipinski definition) is 0. The molecule has 208 valence electrons. The zero-order valence-electron chi connectivity index (χ0n) is 23.6. The first kappa shape index (κ1) is 29.0. The van der Waals surface area contributed by atoms with E-state index in [0.29, 0.717) is 18.8 Å². The molecule has 1 saturated heterocycles. The van der Waals surface area contributed by atoms with Crippen LogP contribution in [-0.4, -0.2) is 31.6 Å². The molecule has 2 aromatic rings. The van der Waals surface area contributed by atoms with E-state index >= 15 is 0 Å². The maximum absolute atomic E-state index is 12.5. The standard InChI is InChI=1S/C35H44O4/c1-3-4-8-15-30(36)22-23-31-32(16-11-5-6-12-17-34(37)38-2)35(25-33(31)39-26-35)24-27-18-20-29(21-19-27)28-13-9-7-10-14-28/h5,7,9-11,13-14,18-23,31-33H,3-4,6,8,12,15-17,24-26H2,1-2H3/b11-5-,23-22+/t31-,32-,33-,35-/m1/s1. The average Bonchev–Trinajstić information content (AvgIpc) is 3.50. The summed E-state index contributed by atoms with van der Waals surface area (Å²) in [5, 5.41) is 0. The maximum Gasteiger partial charge on any atom is 0.305 e. The number of allylic oxidation sites excluding steroid dienone is 3. The van der Waals surface area contributed by atoms with Crippen LogP contribution in [0.5, 0.6) is 0 Å². The number of carbonyl (C=O) groups is 2. The number of hydrogen-bond acceptors (Lipinski definition) is 4. The molecule has 2 aromatic carbocycles. The van der Waals surface area contributed by atoms with Crippen LogP contribution in [0.15, 0.2) is 78.9 Å². The molecule has 2 aliphatic rings. The molecule has 2 fully saturated rings. The van der Waals surface area contributed by atoms with E-state index in [0.717, 1.165) is 58.0 Å². The number of ketones is 1. The zero-order chi connectivity index (χ0) is 27.5. The summed E-state index contributed by atoms with van der Waals surface area (Å²) in [5.41, 5.74) is 3.87. The van der Waals surface area contributed by atoms with Gasteiger partial charge in [-0.2, -0.15) is 0 Å². The van der Waals surface area contributed by atoms with Gasteiger partial charge in [-0.05, 0) is 67.2 Å². The summed E-state index contributed by atoms with van der Waals surface area (Å²) in [7, 11) is 1.44. The minimum Gasteiger partial charge on any atom is -0.469 e. The summed E-state index contributed by atoms with van der Waals surface area (Å²) in [6.07, 6.45) is 17.6. The number of unbranched alkanes of at least 4 members (excludes halogenated alkanes) is 3. The van der Waals surface area contributed by atoms with Gasteiger partial charge in [0.2, 0.25) is 0 Å². The van der Waals surface area contributed by atoms with E-state index in [1.54, 1.807) is 0 Å². The fourth-order valence-corrected chi connectivity index (χ4v) is 6.41. The SMILES string of the molecule is CCCCCC(=O)/C=C/[C@@H]1[C@@H](C/C=C\CCCC(=O)OC)[C@@]2(Cc3ccc(-c4ccccc4)cc3)CO[C@@H]1C2. The summed E-state index contributed by atoms with van der Waals surface area (Å²) in [6.45, 7) is 2.93. The van der Waals surface area contributed by atoms with Crippen LogP contribution in [-0.2, 0) is 25.5 Å². The Morgan fingerprint density at radius 2 is 1.74 bits per heavy atom. The first-order chi connectivity index (χ1) is 19.0. The maximum atomic E-state index is 12.5. The predicted octanol–water partition coefficient (Wildman–Crippen LogP) is 7.91. The quantitative estimate of drug-likeness (QED) is 0.102. The molecule has 4 atom stereocenters. The second-order valence-electron chi connectivity index (χ2n) is 11.3. The lowest BCUT2D eigenvalue weighted by molar-refractivity contribution is -0.140. The van der Waals surface area contributed by atoms with Crippen LogP contribution in [0.3, 0.4) is 0 Å². The van der Waals surface area contributed by atoms with Crippen LogP contribution in [0.4, 0.5) is 0 Å². The molecule has 0 amide bonds. The molecule has 4 rings (SSSR count). The molecule has 4 heteroatoms. The van der Waals surface area contributed by atoms with Crippen molar-refractivity contribution in [2.75, 3.05) is 13.7 Å². The second kappa shape index (κ2) is 14.4. The molecule has 39 heavy (non-hydrogen) atoms. The van der Waals surface area contributed by atoms with Crippen LogP contribution in [0.2, 0.25) is 0 Å². The average molecular weight is 529 g/mol. The Kier molecular flexibility index (Phi) is 10.7. The van der Waals surface area contributed by atoms with Crippen molar-refractivity contribution in [3.05, 3.63) is 84.5 Å². The van der Waals surface area contributed by atoms with Crippen molar-refractivity contribution in [3.8, 4) is 11.1 Å². The minimum absolute atomic E-state index is 0.0650. The first-order valence-electron chi connectivity index (χ1n) is 14.7. The summed E-state index contributed by atoms with van der Waals surface area (Å²) in [4.78, 5) is 24.0. The van der Waals surface area contributed by atoms with Gasteiger partial charge in [0, 0.05) is 24.2 Å². The zero-order valence-corrected chi connectivity index (χ0v) is 23.6. The van der Waals surface area contributed by atoms with Crippen molar-refractivity contribution in [1.29, 1.82) is 0 Å². The van der Waals surface area contributed by atoms with Gasteiger partial charge in [0.15, 0.2) is 5.78 Å². The van der Waals surface area contributed by atoms with Crippen LogP contribution >= 0.6 is 0 Å². The molecule has 4 nitrogen and oxygen atoms in total. The molecule has 1 heterocycles. The van der Waals surface area contributed by atoms with Crippen LogP contribution in [0.25, 0.3) is 11.1 Å². The van der Waals surface area contributed by atoms with Gasteiger partial charge in [0.1, 0.15) is 0 Å². The third kappa shape index (κ3) is 7.79. The highest BCUT2D eigenvalue weighted by Crippen LogP contribution is 2.57. The summed E-state index contributed by atoms with van der Waals surface area (Å²) in [5.74, 6) is 0.743. The van der Waals surface area contributed by atoms with Gasteiger partial charge in [-0.15, -0.1) is 0 Å². The van der Waals surface area contributed by atoms with Crippen LogP contribution in [0, 0.1) is 17.3 Å². The molecule has 1 saturated carbocycles. The Hall–Kier alpha value is -2.98. The van der Waals surface area contributed by atoms with E-state index in [-0.39, 0.29) is 29.2 Å². The molecule has 1 aliphatic heterocycles. The third-order valence-corrected chi connectivity index (χ3v) is 8.56. The minimum atomic E-state index is -0.153. The van der Waals surface area contributed by atoms with Crippen molar-refractivity contribution in [1.82, 2.24) is 0 Å². The van der Waals surface area contributed by atoms with Gasteiger partial charge < -0.3 is 9.47 Å². The normalized spacial score (nSPS) is 24.1. The van der Waals surface area contributed by atoms with E-state index in [1.807, 2.05) is 12.1 Å². The number of rotatable bonds is 15. The van der Waals surface area contributed by atoms with Crippen LogP contribution in [0.1, 0.15) is 70.3 Å². The monoisotopic (exact) mass is 528 g/mol. The Morgan fingerprint density at radius 3 is 2.49 bits per heavy atom. The molecule has 2 bridgehead atoms. The van der Waals surface area contributed by atoms with Gasteiger partial charge in [-0.1, -0.05) is 92.6 Å². The third-order valence-electron chi connectivity index (χ3n) is 8.56. The lowest BCUT2D eigenvalue weighted by Gasteiger charge is -2.38. The molecule has 1 aliphatic carbocycles. The summed E-state index contributed by atoms with van der Waals surface area (Å²) >= 11 is 0. The molecule has 0 unspecified atom stereocenters.